The molecule has 0 saturated heterocycles. The molecule has 1 aliphatic carbocycles. The maximum atomic E-state index is 4.11. The van der Waals surface area contributed by atoms with Gasteiger partial charge >= 0.3 is 0 Å². The molecule has 0 heterocycles. The van der Waals surface area contributed by atoms with Crippen LogP contribution in [0.3, 0.4) is 0 Å². The van der Waals surface area contributed by atoms with Crippen molar-refractivity contribution in [2.24, 2.45) is 10.4 Å². The zero-order valence-electron chi connectivity index (χ0n) is 16.2. The van der Waals surface area contributed by atoms with E-state index in [9.17, 15) is 0 Å². The molecule has 0 radical (unpaired) electrons. The summed E-state index contributed by atoms with van der Waals surface area (Å²) in [6, 6.07) is 0. The third kappa shape index (κ3) is 3.67. The monoisotopic (exact) mass is 321 g/mol. The van der Waals surface area contributed by atoms with Crippen molar-refractivity contribution in [2.45, 2.75) is 41.0 Å². The lowest BCUT2D eigenvalue weighted by Crippen LogP contribution is -2.13. The summed E-state index contributed by atoms with van der Waals surface area (Å²) < 4.78 is 0. The van der Waals surface area contributed by atoms with Crippen LogP contribution in [0.25, 0.3) is 0 Å². The van der Waals surface area contributed by atoms with E-state index >= 15 is 0 Å². The summed E-state index contributed by atoms with van der Waals surface area (Å²) in [5.74, 6) is 0. The first kappa shape index (κ1) is 19.9. The summed E-state index contributed by atoms with van der Waals surface area (Å²) in [7, 11) is 1.77. The zero-order valence-corrected chi connectivity index (χ0v) is 16.2. The SMILES string of the molecule is C=CC1=C(CC)C(C)=C(/C=C(C=C)/C(=C/C=NC)C(=C)C)C1(C)C. The van der Waals surface area contributed by atoms with Crippen molar-refractivity contribution >= 4 is 6.21 Å². The topological polar surface area (TPSA) is 12.4 Å². The van der Waals surface area contributed by atoms with Gasteiger partial charge in [0.2, 0.25) is 0 Å². The summed E-state index contributed by atoms with van der Waals surface area (Å²) in [6.07, 6.45) is 11.0. The summed E-state index contributed by atoms with van der Waals surface area (Å²) in [6.45, 7) is 23.1. The highest BCUT2D eigenvalue weighted by Gasteiger charge is 2.35. The maximum Gasteiger partial charge on any atom is 0.0277 e. The van der Waals surface area contributed by atoms with E-state index in [4.69, 9.17) is 0 Å². The van der Waals surface area contributed by atoms with E-state index in [2.05, 4.69) is 58.5 Å². The van der Waals surface area contributed by atoms with Crippen molar-refractivity contribution in [3.05, 3.63) is 83.1 Å². The number of hydrogen-bond donors (Lipinski definition) is 0. The molecule has 0 unspecified atom stereocenters. The number of hydrogen-bond acceptors (Lipinski definition) is 1. The Morgan fingerprint density at radius 1 is 1.21 bits per heavy atom. The normalized spacial score (nSPS) is 18.6. The fraction of sp³-hybridized carbons (Fsp3) is 0.348. The van der Waals surface area contributed by atoms with Crippen LogP contribution in [-0.4, -0.2) is 13.3 Å². The Kier molecular flexibility index (Phi) is 6.71. The van der Waals surface area contributed by atoms with Crippen molar-refractivity contribution in [2.75, 3.05) is 7.05 Å². The Morgan fingerprint density at radius 2 is 1.83 bits per heavy atom. The van der Waals surface area contributed by atoms with Gasteiger partial charge in [0.25, 0.3) is 0 Å². The molecule has 24 heavy (non-hydrogen) atoms. The third-order valence-corrected chi connectivity index (χ3v) is 4.77. The van der Waals surface area contributed by atoms with Gasteiger partial charge < -0.3 is 0 Å². The molecular formula is C23H31N. The molecule has 0 aliphatic heterocycles. The second-order valence-electron chi connectivity index (χ2n) is 6.69. The van der Waals surface area contributed by atoms with E-state index in [0.717, 1.165) is 23.1 Å². The lowest BCUT2D eigenvalue weighted by atomic mass is 9.78. The lowest BCUT2D eigenvalue weighted by molar-refractivity contribution is 0.574. The molecule has 0 aromatic carbocycles. The second kappa shape index (κ2) is 8.10. The largest absolute Gasteiger partial charge is 0.296 e. The van der Waals surface area contributed by atoms with E-state index in [-0.39, 0.29) is 5.41 Å². The molecule has 0 bridgehead atoms. The highest BCUT2D eigenvalue weighted by Crippen LogP contribution is 2.49. The smallest absolute Gasteiger partial charge is 0.0277 e. The van der Waals surface area contributed by atoms with Gasteiger partial charge in [0.1, 0.15) is 0 Å². The van der Waals surface area contributed by atoms with Gasteiger partial charge in [0.15, 0.2) is 0 Å². The highest BCUT2D eigenvalue weighted by atomic mass is 14.6. The van der Waals surface area contributed by atoms with Gasteiger partial charge in [-0.25, -0.2) is 0 Å². The first-order valence-electron chi connectivity index (χ1n) is 8.46. The Balaban J connectivity index is 3.57. The average molecular weight is 322 g/mol. The molecule has 0 aromatic heterocycles. The maximum absolute atomic E-state index is 4.11. The summed E-state index contributed by atoms with van der Waals surface area (Å²) in [5.41, 5.74) is 8.50. The first-order chi connectivity index (χ1) is 11.3. The molecule has 0 amide bonds. The van der Waals surface area contributed by atoms with Crippen LogP contribution in [0.5, 0.6) is 0 Å². The summed E-state index contributed by atoms with van der Waals surface area (Å²) >= 11 is 0. The molecule has 0 N–H and O–H groups in total. The Bertz CT molecular complexity index is 700. The van der Waals surface area contributed by atoms with Gasteiger partial charge in [-0.05, 0) is 59.8 Å². The van der Waals surface area contributed by atoms with Crippen molar-refractivity contribution in [3.8, 4) is 0 Å². The van der Waals surface area contributed by atoms with Crippen LogP contribution in [0.15, 0.2) is 88.0 Å². The van der Waals surface area contributed by atoms with Crippen molar-refractivity contribution in [3.63, 3.8) is 0 Å². The number of nitrogens with zero attached hydrogens (tertiary/aromatic N) is 1. The summed E-state index contributed by atoms with van der Waals surface area (Å²) in [5, 5.41) is 0. The molecule has 0 atom stereocenters. The molecule has 128 valence electrons. The first-order valence-corrected chi connectivity index (χ1v) is 8.46. The van der Waals surface area contributed by atoms with Crippen molar-refractivity contribution < 1.29 is 0 Å². The van der Waals surface area contributed by atoms with Gasteiger partial charge in [-0.1, -0.05) is 64.3 Å². The lowest BCUT2D eigenvalue weighted by Gasteiger charge is -2.25. The average Bonchev–Trinajstić information content (AvgIpc) is 2.71. The van der Waals surface area contributed by atoms with E-state index < -0.39 is 0 Å². The minimum absolute atomic E-state index is 0.0511. The van der Waals surface area contributed by atoms with Crippen LogP contribution in [0.4, 0.5) is 0 Å². The summed E-state index contributed by atoms with van der Waals surface area (Å²) in [4.78, 5) is 4.06. The van der Waals surface area contributed by atoms with Gasteiger partial charge in [-0.3, -0.25) is 4.99 Å². The quantitative estimate of drug-likeness (QED) is 0.372. The molecule has 1 heteroatoms. The van der Waals surface area contributed by atoms with E-state index in [1.165, 1.54) is 22.3 Å². The van der Waals surface area contributed by atoms with Crippen molar-refractivity contribution in [1.29, 1.82) is 0 Å². The molecular weight excluding hydrogens is 290 g/mol. The molecule has 1 aliphatic rings. The van der Waals surface area contributed by atoms with Crippen LogP contribution >= 0.6 is 0 Å². The van der Waals surface area contributed by atoms with Crippen LogP contribution in [0.2, 0.25) is 0 Å². The molecule has 0 saturated carbocycles. The number of allylic oxidation sites excluding steroid dienone is 11. The molecule has 0 aromatic rings. The van der Waals surface area contributed by atoms with Gasteiger partial charge in [-0.15, -0.1) is 0 Å². The van der Waals surface area contributed by atoms with Crippen LogP contribution in [-0.2, 0) is 0 Å². The van der Waals surface area contributed by atoms with E-state index in [1.54, 1.807) is 13.3 Å². The fourth-order valence-electron chi connectivity index (χ4n) is 3.51. The molecule has 0 spiro atoms. The van der Waals surface area contributed by atoms with Gasteiger partial charge in [0, 0.05) is 18.7 Å². The third-order valence-electron chi connectivity index (χ3n) is 4.77. The van der Waals surface area contributed by atoms with Gasteiger partial charge in [0.05, 0.1) is 0 Å². The number of rotatable bonds is 7. The molecule has 0 fully saturated rings. The molecule has 1 rings (SSSR count). The van der Waals surface area contributed by atoms with E-state index in [1.807, 2.05) is 25.2 Å². The Morgan fingerprint density at radius 3 is 2.21 bits per heavy atom. The van der Waals surface area contributed by atoms with Gasteiger partial charge in [-0.2, -0.15) is 0 Å². The standard InChI is InChI=1S/C23H31N/c1-10-18(20(16(4)5)13-14-24-9)15-22-17(6)19(11-2)21(12-3)23(22,7)8/h10,12-15H,1,3-4,11H2,2,5-9H3/b18-15+,20-13+,24-14?. The van der Waals surface area contributed by atoms with Crippen LogP contribution < -0.4 is 0 Å². The van der Waals surface area contributed by atoms with E-state index in [0.29, 0.717) is 0 Å². The zero-order chi connectivity index (χ0) is 18.5. The predicted molar refractivity (Wildman–Crippen MR) is 110 cm³/mol. The fourth-order valence-corrected chi connectivity index (χ4v) is 3.51. The van der Waals surface area contributed by atoms with Crippen LogP contribution in [0, 0.1) is 5.41 Å². The minimum atomic E-state index is -0.0511. The highest BCUT2D eigenvalue weighted by molar-refractivity contribution is 5.76. The molecule has 1 nitrogen and oxygen atoms in total. The predicted octanol–water partition coefficient (Wildman–Crippen LogP) is 6.55. The van der Waals surface area contributed by atoms with Crippen molar-refractivity contribution in [1.82, 2.24) is 0 Å². The minimum Gasteiger partial charge on any atom is -0.296 e. The van der Waals surface area contributed by atoms with Crippen LogP contribution in [0.1, 0.15) is 41.0 Å². The number of aliphatic imine (C=N–C) groups is 1. The second-order valence-corrected chi connectivity index (χ2v) is 6.69. The Hall–Kier alpha value is -2.15. The Labute approximate surface area is 148 Å².